The summed E-state index contributed by atoms with van der Waals surface area (Å²) in [7, 11) is 0. The van der Waals surface area contributed by atoms with Crippen LogP contribution in [0.15, 0.2) is 75.7 Å². The van der Waals surface area contributed by atoms with E-state index < -0.39 is 5.41 Å². The van der Waals surface area contributed by atoms with E-state index in [1.54, 1.807) is 12.4 Å². The van der Waals surface area contributed by atoms with E-state index in [1.807, 2.05) is 38.4 Å². The lowest BCUT2D eigenvalue weighted by molar-refractivity contribution is -0.113. The maximum Gasteiger partial charge on any atom is 0.201 e. The van der Waals surface area contributed by atoms with Gasteiger partial charge in [-0.2, -0.15) is 0 Å². The van der Waals surface area contributed by atoms with Gasteiger partial charge in [0.05, 0.1) is 22.5 Å². The Bertz CT molecular complexity index is 1340. The first kappa shape index (κ1) is 20.4. The molecular formula is C26H26N4O2. The predicted molar refractivity (Wildman–Crippen MR) is 125 cm³/mol. The number of nitrogens with one attached hydrogen (secondary N) is 1. The van der Waals surface area contributed by atoms with Crippen LogP contribution >= 0.6 is 0 Å². The number of carbonyl (C=O) groups excluding carboxylic acids is 1. The average molecular weight is 427 g/mol. The van der Waals surface area contributed by atoms with Gasteiger partial charge >= 0.3 is 0 Å². The number of ketones is 1. The van der Waals surface area contributed by atoms with Crippen molar-refractivity contribution in [2.24, 2.45) is 4.99 Å². The lowest BCUT2D eigenvalue weighted by Crippen LogP contribution is -2.32. The van der Waals surface area contributed by atoms with Crippen molar-refractivity contribution in [3.63, 3.8) is 0 Å². The highest BCUT2D eigenvalue weighted by molar-refractivity contribution is 6.27. The third-order valence-electron chi connectivity index (χ3n) is 7.08. The van der Waals surface area contributed by atoms with Gasteiger partial charge in [-0.25, -0.2) is 0 Å². The summed E-state index contributed by atoms with van der Waals surface area (Å²) in [4.78, 5) is 26.6. The summed E-state index contributed by atoms with van der Waals surface area (Å²) in [6.45, 7) is 12.1. The molecule has 32 heavy (non-hydrogen) atoms. The number of aliphatic imine (C=N–C) groups is 1. The van der Waals surface area contributed by atoms with Gasteiger partial charge in [-0.1, -0.05) is 27.7 Å². The van der Waals surface area contributed by atoms with Gasteiger partial charge in [0, 0.05) is 58.1 Å². The van der Waals surface area contributed by atoms with Gasteiger partial charge in [-0.05, 0) is 37.1 Å². The molecular weight excluding hydrogens is 400 g/mol. The van der Waals surface area contributed by atoms with Crippen LogP contribution < -0.4 is 5.32 Å². The monoisotopic (exact) mass is 426 g/mol. The first-order valence-electron chi connectivity index (χ1n) is 10.7. The van der Waals surface area contributed by atoms with E-state index in [0.717, 1.165) is 39.5 Å². The molecule has 2 aromatic rings. The molecule has 0 bridgehead atoms. The summed E-state index contributed by atoms with van der Waals surface area (Å²) in [5, 5.41) is 14.5. The molecule has 5 rings (SSSR count). The van der Waals surface area contributed by atoms with Gasteiger partial charge < -0.3 is 10.4 Å². The van der Waals surface area contributed by atoms with Gasteiger partial charge in [-0.15, -0.1) is 0 Å². The number of hydrogen-bond acceptors (Lipinski definition) is 6. The molecule has 0 fully saturated rings. The molecule has 0 radical (unpaired) electrons. The lowest BCUT2D eigenvalue weighted by atomic mass is 9.73. The molecule has 6 nitrogen and oxygen atoms in total. The van der Waals surface area contributed by atoms with Crippen molar-refractivity contribution in [3.8, 4) is 0 Å². The number of Topliss-reactive ketones (excluding diaryl/α,β-unsaturated/α-hetero) is 1. The van der Waals surface area contributed by atoms with E-state index in [9.17, 15) is 9.90 Å². The van der Waals surface area contributed by atoms with Gasteiger partial charge in [0.15, 0.2) is 0 Å². The average Bonchev–Trinajstić information content (AvgIpc) is 3.18. The van der Waals surface area contributed by atoms with Crippen LogP contribution in [-0.4, -0.2) is 26.6 Å². The zero-order chi connectivity index (χ0) is 23.0. The summed E-state index contributed by atoms with van der Waals surface area (Å²) in [5.74, 6) is -0.110. The molecule has 162 valence electrons. The molecule has 0 saturated carbocycles. The second-order valence-corrected chi connectivity index (χ2v) is 9.70. The molecule has 3 aliphatic rings. The van der Waals surface area contributed by atoms with Crippen molar-refractivity contribution >= 4 is 22.9 Å². The number of nitrogens with zero attached hydrogens (tertiary/aromatic N) is 3. The van der Waals surface area contributed by atoms with Crippen LogP contribution in [-0.2, 0) is 15.6 Å². The number of allylic oxidation sites excluding steroid dienone is 5. The Labute approximate surface area is 187 Å². The molecule has 6 heteroatoms. The topological polar surface area (TPSA) is 87.5 Å². The third-order valence-corrected chi connectivity index (χ3v) is 7.08. The minimum atomic E-state index is -0.395. The molecule has 0 atom stereocenters. The van der Waals surface area contributed by atoms with Crippen LogP contribution in [0.4, 0.5) is 11.4 Å². The highest BCUT2D eigenvalue weighted by Crippen LogP contribution is 2.48. The number of pyridine rings is 2. The minimum absolute atomic E-state index is 0.0387. The Morgan fingerprint density at radius 3 is 2.22 bits per heavy atom. The van der Waals surface area contributed by atoms with E-state index in [2.05, 4.69) is 43.0 Å². The van der Waals surface area contributed by atoms with E-state index >= 15 is 0 Å². The Morgan fingerprint density at radius 1 is 0.938 bits per heavy atom. The lowest BCUT2D eigenvalue weighted by Gasteiger charge is -2.30. The van der Waals surface area contributed by atoms with Crippen LogP contribution in [0.5, 0.6) is 0 Å². The van der Waals surface area contributed by atoms with Crippen LogP contribution in [0.25, 0.3) is 0 Å². The maximum atomic E-state index is 13.3. The number of aliphatic hydroxyl groups excluding tert-OH is 1. The third kappa shape index (κ3) is 2.52. The molecule has 2 aliphatic heterocycles. The summed E-state index contributed by atoms with van der Waals surface area (Å²) < 4.78 is 0. The Morgan fingerprint density at radius 2 is 1.59 bits per heavy atom. The first-order valence-corrected chi connectivity index (χ1v) is 10.7. The van der Waals surface area contributed by atoms with Crippen molar-refractivity contribution in [2.75, 3.05) is 5.32 Å². The van der Waals surface area contributed by atoms with Crippen molar-refractivity contribution in [2.45, 2.75) is 52.4 Å². The fraction of sp³-hybridized carbons (Fsp3) is 0.308. The Hall–Kier alpha value is -3.54. The SMILES string of the molecule is CC(C1=Nc2ccncc2C1(C)C)=C1C(=O)C(/C(C)=C2/Nc3ccncc3C2(C)C)=C1O. The predicted octanol–water partition coefficient (Wildman–Crippen LogP) is 5.23. The van der Waals surface area contributed by atoms with Gasteiger partial charge in [0.2, 0.25) is 5.78 Å². The first-order chi connectivity index (χ1) is 15.1. The number of carbonyl (C=O) groups is 1. The number of hydrogen-bond donors (Lipinski definition) is 2. The normalized spacial score (nSPS) is 23.2. The molecule has 0 saturated heterocycles. The molecule has 2 aromatic heterocycles. The van der Waals surface area contributed by atoms with E-state index in [-0.39, 0.29) is 17.0 Å². The highest BCUT2D eigenvalue weighted by atomic mass is 16.3. The molecule has 0 amide bonds. The number of rotatable bonds is 2. The second-order valence-electron chi connectivity index (χ2n) is 9.70. The van der Waals surface area contributed by atoms with Gasteiger partial charge in [0.1, 0.15) is 5.76 Å². The molecule has 4 heterocycles. The molecule has 0 aromatic carbocycles. The molecule has 1 aliphatic carbocycles. The van der Waals surface area contributed by atoms with Gasteiger partial charge in [0.25, 0.3) is 0 Å². The minimum Gasteiger partial charge on any atom is -0.506 e. The van der Waals surface area contributed by atoms with Crippen molar-refractivity contribution in [3.05, 3.63) is 81.8 Å². The molecule has 2 N–H and O–H groups in total. The second kappa shape index (κ2) is 6.48. The zero-order valence-corrected chi connectivity index (χ0v) is 19.2. The summed E-state index contributed by atoms with van der Waals surface area (Å²) in [5.41, 5.74) is 7.06. The van der Waals surface area contributed by atoms with Crippen molar-refractivity contribution in [1.82, 2.24) is 9.97 Å². The standard InChI is InChI=1S/C26H26N4O2/c1-13(23-25(3,4)15-11-27-9-7-17(15)29-23)19-21(31)20(22(19)32)14(2)24-26(5,6)16-12-28-10-8-18(16)30-24/h7-12,29,31H,1-6H3/b20-14?,23-13+. The zero-order valence-electron chi connectivity index (χ0n) is 19.2. The Balaban J connectivity index is 1.59. The number of fused-ring (bicyclic) bond motifs is 2. The van der Waals surface area contributed by atoms with E-state index in [0.29, 0.717) is 16.7 Å². The number of aliphatic hydroxyl groups is 1. The molecule has 0 unspecified atom stereocenters. The van der Waals surface area contributed by atoms with Crippen LogP contribution in [0.3, 0.4) is 0 Å². The van der Waals surface area contributed by atoms with Crippen molar-refractivity contribution < 1.29 is 9.90 Å². The largest absolute Gasteiger partial charge is 0.506 e. The van der Waals surface area contributed by atoms with Crippen molar-refractivity contribution in [1.29, 1.82) is 0 Å². The fourth-order valence-electron chi connectivity index (χ4n) is 5.24. The highest BCUT2D eigenvalue weighted by Gasteiger charge is 2.44. The summed E-state index contributed by atoms with van der Waals surface area (Å²) >= 11 is 0. The quantitative estimate of drug-likeness (QED) is 0.642. The smallest absolute Gasteiger partial charge is 0.201 e. The van der Waals surface area contributed by atoms with Crippen LogP contribution in [0, 0.1) is 0 Å². The van der Waals surface area contributed by atoms with E-state index in [1.165, 1.54) is 0 Å². The van der Waals surface area contributed by atoms with E-state index in [4.69, 9.17) is 4.99 Å². The van der Waals surface area contributed by atoms with Crippen LogP contribution in [0.1, 0.15) is 52.7 Å². The molecule has 0 spiro atoms. The Kier molecular flexibility index (Phi) is 4.13. The summed E-state index contributed by atoms with van der Waals surface area (Å²) in [6.07, 6.45) is 7.13. The maximum absolute atomic E-state index is 13.3. The fourth-order valence-corrected chi connectivity index (χ4v) is 5.24. The number of anilines is 1. The van der Waals surface area contributed by atoms with Gasteiger partial charge in [-0.3, -0.25) is 19.8 Å². The summed E-state index contributed by atoms with van der Waals surface area (Å²) in [6, 6.07) is 3.80. The van der Waals surface area contributed by atoms with Crippen LogP contribution in [0.2, 0.25) is 0 Å². The number of aromatic nitrogens is 2.